The number of rotatable bonds is 2. The Morgan fingerprint density at radius 3 is 2.18 bits per heavy atom. The van der Waals surface area contributed by atoms with Gasteiger partial charge in [-0.05, 0) is 39.8 Å². The van der Waals surface area contributed by atoms with Crippen molar-refractivity contribution in [2.45, 2.75) is 45.5 Å². The molecule has 0 radical (unpaired) electrons. The van der Waals surface area contributed by atoms with Gasteiger partial charge in [0.05, 0.1) is 30.3 Å². The summed E-state index contributed by atoms with van der Waals surface area (Å²) in [5, 5.41) is 0.424. The molecule has 0 saturated carbocycles. The summed E-state index contributed by atoms with van der Waals surface area (Å²) in [4.78, 5) is 55.8. The average Bonchev–Trinajstić information content (AvgIpc) is 2.85. The first-order valence-electron chi connectivity index (χ1n) is 8.90. The molecule has 2 atom stereocenters. The van der Waals surface area contributed by atoms with E-state index in [-0.39, 0.29) is 24.2 Å². The van der Waals surface area contributed by atoms with Crippen molar-refractivity contribution in [2.75, 3.05) is 13.1 Å². The highest BCUT2D eigenvalue weighted by Crippen LogP contribution is 2.24. The molecule has 1 aromatic rings. The lowest BCUT2D eigenvalue weighted by atomic mass is 10.1. The molecule has 2 aliphatic rings. The molecule has 3 rings (SSSR count). The number of carbonyl (C=O) groups is 4. The number of morpholine rings is 1. The Balaban J connectivity index is 1.68. The Hall–Kier alpha value is -2.94. The highest BCUT2D eigenvalue weighted by molar-refractivity contribution is 6.20. The number of amides is 3. The van der Waals surface area contributed by atoms with Crippen LogP contribution in [-0.4, -0.2) is 64.7 Å². The van der Waals surface area contributed by atoms with Crippen LogP contribution in [0.5, 0.6) is 0 Å². The minimum atomic E-state index is -1.15. The molecule has 0 N–H and O–H groups in total. The van der Waals surface area contributed by atoms with E-state index in [1.165, 1.54) is 17.0 Å². The summed E-state index contributed by atoms with van der Waals surface area (Å²) in [6, 6.07) is 6.18. The van der Waals surface area contributed by atoms with E-state index < -0.39 is 41.7 Å². The summed E-state index contributed by atoms with van der Waals surface area (Å²) in [5.41, 5.74) is -0.364. The van der Waals surface area contributed by atoms with Crippen molar-refractivity contribution in [1.82, 2.24) is 9.96 Å². The van der Waals surface area contributed by atoms with E-state index in [9.17, 15) is 19.2 Å². The van der Waals surface area contributed by atoms with Crippen molar-refractivity contribution >= 4 is 23.9 Å². The van der Waals surface area contributed by atoms with Crippen LogP contribution in [0.4, 0.5) is 4.79 Å². The van der Waals surface area contributed by atoms with Gasteiger partial charge in [0.15, 0.2) is 6.10 Å². The molecule has 0 aliphatic carbocycles. The van der Waals surface area contributed by atoms with Gasteiger partial charge < -0.3 is 19.2 Å². The lowest BCUT2D eigenvalue weighted by Gasteiger charge is -2.36. The van der Waals surface area contributed by atoms with Crippen LogP contribution < -0.4 is 0 Å². The first-order valence-corrected chi connectivity index (χ1v) is 8.90. The predicted molar refractivity (Wildman–Crippen MR) is 95.2 cm³/mol. The number of fused-ring (bicyclic) bond motifs is 1. The molecule has 150 valence electrons. The van der Waals surface area contributed by atoms with Crippen molar-refractivity contribution in [2.24, 2.45) is 0 Å². The number of hydroxylamine groups is 2. The SMILES string of the molecule is C[C@H]1CN(C(=O)OC(C)(C)C)C[C@@H](C(=O)ON2C(=O)c3ccccc3C2=O)O1. The third-order valence-electron chi connectivity index (χ3n) is 4.11. The van der Waals surface area contributed by atoms with Gasteiger partial charge in [-0.1, -0.05) is 17.2 Å². The van der Waals surface area contributed by atoms with E-state index in [1.807, 2.05) is 0 Å². The fourth-order valence-corrected chi connectivity index (χ4v) is 2.96. The lowest BCUT2D eigenvalue weighted by Crippen LogP contribution is -2.54. The van der Waals surface area contributed by atoms with Gasteiger partial charge in [-0.3, -0.25) is 9.59 Å². The number of carbonyl (C=O) groups excluding carboxylic acids is 4. The second-order valence-electron chi connectivity index (χ2n) is 7.68. The van der Waals surface area contributed by atoms with Gasteiger partial charge in [0.1, 0.15) is 5.60 Å². The van der Waals surface area contributed by atoms with E-state index in [0.717, 1.165) is 0 Å². The molecule has 0 aromatic heterocycles. The number of imide groups is 1. The van der Waals surface area contributed by atoms with Crippen molar-refractivity contribution in [3.05, 3.63) is 35.4 Å². The first kappa shape index (κ1) is 19.8. The first-order chi connectivity index (χ1) is 13.1. The average molecular weight is 390 g/mol. The maximum absolute atomic E-state index is 12.5. The van der Waals surface area contributed by atoms with Gasteiger partial charge in [-0.15, -0.1) is 0 Å². The molecule has 0 unspecified atom stereocenters. The van der Waals surface area contributed by atoms with Crippen LogP contribution in [0, 0.1) is 0 Å². The van der Waals surface area contributed by atoms with Gasteiger partial charge in [0.25, 0.3) is 11.8 Å². The third-order valence-corrected chi connectivity index (χ3v) is 4.11. The second-order valence-corrected chi connectivity index (χ2v) is 7.68. The molecule has 1 saturated heterocycles. The molecule has 0 bridgehead atoms. The standard InChI is InChI=1S/C19H22N2O7/c1-11-9-20(18(25)27-19(2,3)4)10-14(26-11)17(24)28-21-15(22)12-7-5-6-8-13(12)16(21)23/h5-8,11,14H,9-10H2,1-4H3/t11-,14-/m0/s1. The van der Waals surface area contributed by atoms with Crippen molar-refractivity contribution in [3.63, 3.8) is 0 Å². The van der Waals surface area contributed by atoms with E-state index in [0.29, 0.717) is 5.06 Å². The minimum absolute atomic E-state index is 0.110. The number of nitrogens with zero attached hydrogens (tertiary/aromatic N) is 2. The molecular weight excluding hydrogens is 368 g/mol. The van der Waals surface area contributed by atoms with E-state index >= 15 is 0 Å². The van der Waals surface area contributed by atoms with Crippen LogP contribution >= 0.6 is 0 Å². The van der Waals surface area contributed by atoms with E-state index in [1.54, 1.807) is 39.8 Å². The molecule has 2 heterocycles. The minimum Gasteiger partial charge on any atom is -0.444 e. The molecule has 28 heavy (non-hydrogen) atoms. The quantitative estimate of drug-likeness (QED) is 0.709. The summed E-state index contributed by atoms with van der Waals surface area (Å²) in [5.74, 6) is -2.38. The Bertz CT molecular complexity index is 795. The van der Waals surface area contributed by atoms with Crippen LogP contribution in [0.3, 0.4) is 0 Å². The Morgan fingerprint density at radius 2 is 1.64 bits per heavy atom. The third kappa shape index (κ3) is 3.99. The number of hydrogen-bond donors (Lipinski definition) is 0. The van der Waals surface area contributed by atoms with Gasteiger partial charge in [-0.2, -0.15) is 0 Å². The largest absolute Gasteiger partial charge is 0.444 e. The number of hydrogen-bond acceptors (Lipinski definition) is 7. The Kier molecular flexibility index (Phi) is 5.12. The summed E-state index contributed by atoms with van der Waals surface area (Å²) in [6.45, 7) is 7.04. The van der Waals surface area contributed by atoms with Crippen LogP contribution in [0.25, 0.3) is 0 Å². The van der Waals surface area contributed by atoms with Gasteiger partial charge in [0.2, 0.25) is 0 Å². The van der Waals surface area contributed by atoms with Crippen molar-refractivity contribution in [3.8, 4) is 0 Å². The molecule has 0 spiro atoms. The summed E-state index contributed by atoms with van der Waals surface area (Å²) in [7, 11) is 0. The topological polar surface area (TPSA) is 102 Å². The summed E-state index contributed by atoms with van der Waals surface area (Å²) in [6.07, 6.45) is -2.19. The van der Waals surface area contributed by atoms with Crippen LogP contribution in [0.1, 0.15) is 48.4 Å². The van der Waals surface area contributed by atoms with Gasteiger partial charge in [-0.25, -0.2) is 9.59 Å². The van der Waals surface area contributed by atoms with Crippen molar-refractivity contribution in [1.29, 1.82) is 0 Å². The highest BCUT2D eigenvalue weighted by Gasteiger charge is 2.42. The molecular formula is C19H22N2O7. The second kappa shape index (κ2) is 7.23. The van der Waals surface area contributed by atoms with Gasteiger partial charge in [0, 0.05) is 0 Å². The zero-order valence-corrected chi connectivity index (χ0v) is 16.1. The zero-order valence-electron chi connectivity index (χ0n) is 16.1. The fraction of sp³-hybridized carbons (Fsp3) is 0.474. The van der Waals surface area contributed by atoms with E-state index in [4.69, 9.17) is 14.3 Å². The maximum atomic E-state index is 12.5. The smallest absolute Gasteiger partial charge is 0.410 e. The molecule has 9 nitrogen and oxygen atoms in total. The van der Waals surface area contributed by atoms with Crippen LogP contribution in [-0.2, 0) is 19.1 Å². The zero-order chi connectivity index (χ0) is 20.6. The molecule has 2 aliphatic heterocycles. The maximum Gasteiger partial charge on any atom is 0.410 e. The molecule has 3 amide bonds. The van der Waals surface area contributed by atoms with E-state index in [2.05, 4.69) is 0 Å². The fourth-order valence-electron chi connectivity index (χ4n) is 2.96. The molecule has 9 heteroatoms. The Labute approximate surface area is 162 Å². The van der Waals surface area contributed by atoms with Crippen LogP contribution in [0.2, 0.25) is 0 Å². The van der Waals surface area contributed by atoms with Crippen LogP contribution in [0.15, 0.2) is 24.3 Å². The number of ether oxygens (including phenoxy) is 2. The van der Waals surface area contributed by atoms with Gasteiger partial charge >= 0.3 is 12.1 Å². The summed E-state index contributed by atoms with van der Waals surface area (Å²) < 4.78 is 10.9. The number of benzene rings is 1. The molecule has 1 aromatic carbocycles. The summed E-state index contributed by atoms with van der Waals surface area (Å²) >= 11 is 0. The molecule has 1 fully saturated rings. The lowest BCUT2D eigenvalue weighted by molar-refractivity contribution is -0.190. The highest BCUT2D eigenvalue weighted by atomic mass is 16.7. The predicted octanol–water partition coefficient (Wildman–Crippen LogP) is 1.77. The monoisotopic (exact) mass is 390 g/mol. The normalized spacial score (nSPS) is 22.1. The van der Waals surface area contributed by atoms with Crippen molar-refractivity contribution < 1.29 is 33.5 Å². The Morgan fingerprint density at radius 1 is 1.07 bits per heavy atom.